The molecule has 4 rings (SSSR count). The summed E-state index contributed by atoms with van der Waals surface area (Å²) in [7, 11) is 0. The minimum atomic E-state index is -0.274. The average Bonchev–Trinajstić information content (AvgIpc) is 3.18. The van der Waals surface area contributed by atoms with Gasteiger partial charge in [0, 0.05) is 24.1 Å². The minimum absolute atomic E-state index is 0.000845. The number of fused-ring (bicyclic) bond motifs is 2. The van der Waals surface area contributed by atoms with Gasteiger partial charge < -0.3 is 14.8 Å². The Morgan fingerprint density at radius 2 is 1.97 bits per heavy atom. The van der Waals surface area contributed by atoms with Crippen LogP contribution >= 0.6 is 0 Å². The van der Waals surface area contributed by atoms with Crippen LogP contribution in [0.5, 0.6) is 0 Å². The van der Waals surface area contributed by atoms with Crippen molar-refractivity contribution < 1.29 is 9.59 Å². The van der Waals surface area contributed by atoms with Crippen molar-refractivity contribution in [3.63, 3.8) is 0 Å². The maximum absolute atomic E-state index is 13.2. The predicted molar refractivity (Wildman–Crippen MR) is 109 cm³/mol. The van der Waals surface area contributed by atoms with E-state index < -0.39 is 0 Å². The smallest absolute Gasteiger partial charge is 0.280 e. The third-order valence-electron chi connectivity index (χ3n) is 5.41. The Bertz CT molecular complexity index is 1050. The van der Waals surface area contributed by atoms with Crippen LogP contribution in [0.15, 0.2) is 10.9 Å². The Morgan fingerprint density at radius 3 is 2.55 bits per heavy atom. The number of nitrogens with one attached hydrogen (secondary N) is 1. The molecule has 2 amide bonds. The number of hydrogen-bond acceptors (Lipinski definition) is 4. The molecule has 0 spiro atoms. The SMILES string of the molecule is CC(C)CN1Cc2c(n(CC(=O)NC3CC3)c3cc(C(C)(C)C)nn3c2=O)C1=O. The second kappa shape index (κ2) is 6.71. The van der Waals surface area contributed by atoms with Gasteiger partial charge in [-0.05, 0) is 18.8 Å². The van der Waals surface area contributed by atoms with Gasteiger partial charge in [-0.25, -0.2) is 0 Å². The molecule has 0 radical (unpaired) electrons. The standard InChI is InChI=1S/C21H29N5O3/c1-12(2)9-24-10-14-18(20(24)29)25(11-16(27)22-13-6-7-13)17-8-15(21(3,4)5)23-26(17)19(14)28/h8,12-13H,6-7,9-11H2,1-5H3,(H,22,27). The molecule has 0 aromatic carbocycles. The summed E-state index contributed by atoms with van der Waals surface area (Å²) in [6.07, 6.45) is 1.98. The van der Waals surface area contributed by atoms with Crippen LogP contribution in [-0.4, -0.2) is 43.5 Å². The molecule has 0 atom stereocenters. The van der Waals surface area contributed by atoms with Crippen molar-refractivity contribution in [3.8, 4) is 0 Å². The Morgan fingerprint density at radius 1 is 1.28 bits per heavy atom. The topological polar surface area (TPSA) is 88.7 Å². The molecule has 1 aliphatic heterocycles. The second-order valence-corrected chi connectivity index (χ2v) is 9.69. The van der Waals surface area contributed by atoms with E-state index in [1.807, 2.05) is 40.7 Å². The minimum Gasteiger partial charge on any atom is -0.352 e. The summed E-state index contributed by atoms with van der Waals surface area (Å²) in [5, 5.41) is 7.51. The number of aromatic nitrogens is 3. The number of hydrogen-bond donors (Lipinski definition) is 1. The van der Waals surface area contributed by atoms with Crippen LogP contribution in [0.25, 0.3) is 5.65 Å². The second-order valence-electron chi connectivity index (χ2n) is 9.69. The van der Waals surface area contributed by atoms with Crippen LogP contribution in [0.4, 0.5) is 0 Å². The Labute approximate surface area is 169 Å². The molecule has 2 aromatic heterocycles. The quantitative estimate of drug-likeness (QED) is 0.829. The molecule has 1 fully saturated rings. The van der Waals surface area contributed by atoms with E-state index in [9.17, 15) is 14.4 Å². The van der Waals surface area contributed by atoms with Crippen molar-refractivity contribution in [3.05, 3.63) is 33.4 Å². The van der Waals surface area contributed by atoms with Crippen LogP contribution in [-0.2, 0) is 23.3 Å². The summed E-state index contributed by atoms with van der Waals surface area (Å²) in [5.74, 6) is -0.0496. The van der Waals surface area contributed by atoms with Crippen molar-refractivity contribution in [2.45, 2.75) is 72.0 Å². The van der Waals surface area contributed by atoms with Crippen LogP contribution < -0.4 is 10.9 Å². The lowest BCUT2D eigenvalue weighted by atomic mass is 9.93. The normalized spacial score (nSPS) is 16.8. The maximum atomic E-state index is 13.2. The number of nitrogens with zero attached hydrogens (tertiary/aromatic N) is 4. The first-order valence-electron chi connectivity index (χ1n) is 10.3. The van der Waals surface area contributed by atoms with Crippen LogP contribution in [0.3, 0.4) is 0 Å². The highest BCUT2D eigenvalue weighted by Crippen LogP contribution is 2.27. The fourth-order valence-electron chi connectivity index (χ4n) is 3.78. The molecule has 29 heavy (non-hydrogen) atoms. The van der Waals surface area contributed by atoms with E-state index in [0.29, 0.717) is 23.4 Å². The third kappa shape index (κ3) is 3.56. The zero-order valence-electron chi connectivity index (χ0n) is 17.8. The van der Waals surface area contributed by atoms with E-state index >= 15 is 0 Å². The number of carbonyl (C=O) groups is 2. The summed E-state index contributed by atoms with van der Waals surface area (Å²) in [5.41, 5.74) is 1.46. The van der Waals surface area contributed by atoms with E-state index in [-0.39, 0.29) is 47.8 Å². The summed E-state index contributed by atoms with van der Waals surface area (Å²) < 4.78 is 3.04. The van der Waals surface area contributed by atoms with Crippen molar-refractivity contribution >= 4 is 17.5 Å². The van der Waals surface area contributed by atoms with Crippen molar-refractivity contribution in [1.29, 1.82) is 0 Å². The summed E-state index contributed by atoms with van der Waals surface area (Å²) in [6.45, 7) is 11.0. The highest BCUT2D eigenvalue weighted by molar-refractivity contribution is 5.97. The average molecular weight is 399 g/mol. The molecule has 2 aliphatic rings. The monoisotopic (exact) mass is 399 g/mol. The van der Waals surface area contributed by atoms with Gasteiger partial charge in [-0.15, -0.1) is 0 Å². The van der Waals surface area contributed by atoms with Crippen LogP contribution in [0, 0.1) is 5.92 Å². The Hall–Kier alpha value is -2.64. The van der Waals surface area contributed by atoms with Gasteiger partial charge in [0.25, 0.3) is 11.5 Å². The zero-order valence-corrected chi connectivity index (χ0v) is 17.8. The molecular formula is C21H29N5O3. The van der Waals surface area contributed by atoms with E-state index in [0.717, 1.165) is 18.5 Å². The van der Waals surface area contributed by atoms with E-state index in [2.05, 4.69) is 10.4 Å². The van der Waals surface area contributed by atoms with Crippen molar-refractivity contribution in [2.24, 2.45) is 5.92 Å². The van der Waals surface area contributed by atoms with Gasteiger partial charge in [-0.3, -0.25) is 14.4 Å². The van der Waals surface area contributed by atoms with Crippen molar-refractivity contribution in [2.75, 3.05) is 6.54 Å². The van der Waals surface area contributed by atoms with Gasteiger partial charge in [0.1, 0.15) is 17.9 Å². The number of amides is 2. The summed E-state index contributed by atoms with van der Waals surface area (Å²) >= 11 is 0. The van der Waals surface area contributed by atoms with Crippen LogP contribution in [0.1, 0.15) is 69.2 Å². The van der Waals surface area contributed by atoms with E-state index in [4.69, 9.17) is 0 Å². The first-order valence-corrected chi connectivity index (χ1v) is 10.3. The molecular weight excluding hydrogens is 370 g/mol. The first-order chi connectivity index (χ1) is 13.6. The molecule has 3 heterocycles. The zero-order chi connectivity index (χ0) is 21.1. The third-order valence-corrected chi connectivity index (χ3v) is 5.41. The van der Waals surface area contributed by atoms with Gasteiger partial charge >= 0.3 is 0 Å². The highest BCUT2D eigenvalue weighted by Gasteiger charge is 2.36. The van der Waals surface area contributed by atoms with Crippen LogP contribution in [0.2, 0.25) is 0 Å². The van der Waals surface area contributed by atoms with Gasteiger partial charge in [-0.2, -0.15) is 9.61 Å². The lowest BCUT2D eigenvalue weighted by molar-refractivity contribution is -0.121. The van der Waals surface area contributed by atoms with Gasteiger partial charge in [0.2, 0.25) is 5.91 Å². The lowest BCUT2D eigenvalue weighted by Gasteiger charge is -2.18. The molecule has 0 bridgehead atoms. The largest absolute Gasteiger partial charge is 0.352 e. The fourth-order valence-corrected chi connectivity index (χ4v) is 3.78. The highest BCUT2D eigenvalue weighted by atomic mass is 16.2. The number of rotatable bonds is 5. The predicted octanol–water partition coefficient (Wildman–Crippen LogP) is 1.68. The Kier molecular flexibility index (Phi) is 4.55. The molecule has 1 aliphatic carbocycles. The molecule has 1 saturated carbocycles. The lowest BCUT2D eigenvalue weighted by Crippen LogP contribution is -2.34. The summed E-state index contributed by atoms with van der Waals surface area (Å²) in [4.78, 5) is 40.6. The van der Waals surface area contributed by atoms with Gasteiger partial charge in [0.15, 0.2) is 0 Å². The Balaban J connectivity index is 1.87. The maximum Gasteiger partial charge on any atom is 0.280 e. The molecule has 0 saturated heterocycles. The molecule has 1 N–H and O–H groups in total. The molecule has 156 valence electrons. The van der Waals surface area contributed by atoms with Gasteiger partial charge in [0.05, 0.1) is 17.8 Å². The first kappa shape index (κ1) is 19.7. The molecule has 0 unspecified atom stereocenters. The molecule has 8 heteroatoms. The van der Waals surface area contributed by atoms with E-state index in [1.165, 1.54) is 4.52 Å². The summed E-state index contributed by atoms with van der Waals surface area (Å²) in [6, 6.07) is 2.05. The molecule has 8 nitrogen and oxygen atoms in total. The van der Waals surface area contributed by atoms with Crippen molar-refractivity contribution in [1.82, 2.24) is 24.4 Å². The van der Waals surface area contributed by atoms with Gasteiger partial charge in [-0.1, -0.05) is 34.6 Å². The number of carbonyl (C=O) groups excluding carboxylic acids is 2. The van der Waals surface area contributed by atoms with E-state index in [1.54, 1.807) is 9.47 Å². The fraction of sp³-hybridized carbons (Fsp3) is 0.619. The molecule has 2 aromatic rings.